The maximum atomic E-state index is 13.1. The van der Waals surface area contributed by atoms with Crippen LogP contribution in [0.1, 0.15) is 11.1 Å². The number of amides is 1. The molecule has 0 saturated carbocycles. The number of nitrogens with one attached hydrogen (secondary N) is 1. The van der Waals surface area contributed by atoms with Gasteiger partial charge in [0.15, 0.2) is 4.91 Å². The summed E-state index contributed by atoms with van der Waals surface area (Å²) >= 11 is 6.15. The van der Waals surface area contributed by atoms with Crippen LogP contribution in [0.15, 0.2) is 66.1 Å². The third-order valence-corrected chi connectivity index (χ3v) is 6.15. The standard InChI is InChI=1S/C19H17ClN2O3S/c1-3-11-21-19(23)18-17(13-7-5-4-6-8-13)15-12-14(20)9-10-16(15)22(2)26(18,24)25/h3-10,12H,1,11H2,2H3,(H,21,23). The van der Waals surface area contributed by atoms with Crippen LogP contribution in [-0.4, -0.2) is 27.9 Å². The first-order valence-corrected chi connectivity index (χ1v) is 9.67. The van der Waals surface area contributed by atoms with E-state index in [1.165, 1.54) is 13.1 Å². The van der Waals surface area contributed by atoms with Gasteiger partial charge < -0.3 is 5.32 Å². The van der Waals surface area contributed by atoms with E-state index in [2.05, 4.69) is 11.9 Å². The predicted octanol–water partition coefficient (Wildman–Crippen LogP) is 3.18. The average Bonchev–Trinajstić information content (AvgIpc) is 2.63. The van der Waals surface area contributed by atoms with Crippen molar-refractivity contribution in [3.8, 4) is 0 Å². The second-order valence-electron chi connectivity index (χ2n) is 5.70. The number of hydrogen-bond acceptors (Lipinski definition) is 3. The molecule has 0 fully saturated rings. The van der Waals surface area contributed by atoms with Crippen LogP contribution in [0.4, 0.5) is 5.69 Å². The Bertz CT molecular complexity index is 1010. The molecule has 0 bridgehead atoms. The quantitative estimate of drug-likeness (QED) is 0.818. The molecule has 0 unspecified atom stereocenters. The molecule has 7 heteroatoms. The summed E-state index contributed by atoms with van der Waals surface area (Å²) in [7, 11) is -2.61. The van der Waals surface area contributed by atoms with Crippen molar-refractivity contribution < 1.29 is 13.2 Å². The number of benzene rings is 2. The highest BCUT2D eigenvalue weighted by Crippen LogP contribution is 2.42. The Morgan fingerprint density at radius 1 is 1.23 bits per heavy atom. The van der Waals surface area contributed by atoms with Crippen LogP contribution in [0.2, 0.25) is 5.02 Å². The third-order valence-electron chi connectivity index (χ3n) is 4.09. The minimum Gasteiger partial charge on any atom is -0.348 e. The number of carbonyl (C=O) groups is 1. The van der Waals surface area contributed by atoms with E-state index in [0.29, 0.717) is 27.4 Å². The van der Waals surface area contributed by atoms with Crippen molar-refractivity contribution in [1.82, 2.24) is 5.32 Å². The number of carbonyl (C=O) groups excluding carboxylic acids is 1. The van der Waals surface area contributed by atoms with E-state index >= 15 is 0 Å². The van der Waals surface area contributed by atoms with Crippen molar-refractivity contribution in [2.24, 2.45) is 0 Å². The van der Waals surface area contributed by atoms with Gasteiger partial charge in [0.2, 0.25) is 0 Å². The Morgan fingerprint density at radius 2 is 1.92 bits per heavy atom. The minimum absolute atomic E-state index is 0.159. The summed E-state index contributed by atoms with van der Waals surface area (Å²) in [5.41, 5.74) is 2.01. The van der Waals surface area contributed by atoms with E-state index in [4.69, 9.17) is 11.6 Å². The number of hydrogen-bond donors (Lipinski definition) is 1. The highest BCUT2D eigenvalue weighted by atomic mass is 35.5. The molecule has 2 aromatic rings. The molecular weight excluding hydrogens is 372 g/mol. The number of sulfonamides is 1. The normalized spacial score (nSPS) is 15.4. The van der Waals surface area contributed by atoms with E-state index in [9.17, 15) is 13.2 Å². The van der Waals surface area contributed by atoms with Crippen LogP contribution >= 0.6 is 11.6 Å². The lowest BCUT2D eigenvalue weighted by atomic mass is 9.95. The maximum Gasteiger partial charge on any atom is 0.270 e. The second-order valence-corrected chi connectivity index (χ2v) is 8.05. The lowest BCUT2D eigenvalue weighted by Gasteiger charge is -2.31. The van der Waals surface area contributed by atoms with Crippen LogP contribution in [0.25, 0.3) is 5.57 Å². The van der Waals surface area contributed by atoms with E-state index in [1.54, 1.807) is 42.5 Å². The van der Waals surface area contributed by atoms with Crippen molar-refractivity contribution in [2.45, 2.75) is 0 Å². The average molecular weight is 389 g/mol. The topological polar surface area (TPSA) is 66.5 Å². The summed E-state index contributed by atoms with van der Waals surface area (Å²) in [6.45, 7) is 3.70. The Kier molecular flexibility index (Phi) is 4.89. The summed E-state index contributed by atoms with van der Waals surface area (Å²) in [4.78, 5) is 12.4. The first kappa shape index (κ1) is 18.2. The van der Waals surface area contributed by atoms with Gasteiger partial charge in [-0.05, 0) is 23.8 Å². The van der Waals surface area contributed by atoms with Crippen molar-refractivity contribution in [3.63, 3.8) is 0 Å². The van der Waals surface area contributed by atoms with Gasteiger partial charge >= 0.3 is 0 Å². The van der Waals surface area contributed by atoms with Crippen LogP contribution in [0, 0.1) is 0 Å². The van der Waals surface area contributed by atoms with Crippen LogP contribution in [0.3, 0.4) is 0 Å². The molecule has 1 amide bonds. The van der Waals surface area contributed by atoms with Crippen molar-refractivity contribution in [3.05, 3.63) is 82.2 Å². The van der Waals surface area contributed by atoms with Gasteiger partial charge in [-0.2, -0.15) is 0 Å². The molecular formula is C19H17ClN2O3S. The number of rotatable bonds is 4. The molecule has 1 aliphatic rings. The first-order chi connectivity index (χ1) is 12.4. The number of halogens is 1. The first-order valence-electron chi connectivity index (χ1n) is 7.85. The van der Waals surface area contributed by atoms with Crippen molar-refractivity contribution >= 4 is 38.8 Å². The van der Waals surface area contributed by atoms with E-state index in [0.717, 1.165) is 4.31 Å². The van der Waals surface area contributed by atoms with Gasteiger partial charge in [0.1, 0.15) is 0 Å². The predicted molar refractivity (Wildman–Crippen MR) is 104 cm³/mol. The zero-order chi connectivity index (χ0) is 18.9. The van der Waals surface area contributed by atoms with Crippen LogP contribution in [-0.2, 0) is 14.8 Å². The van der Waals surface area contributed by atoms with Gasteiger partial charge in [0, 0.05) is 29.8 Å². The van der Waals surface area contributed by atoms with Crippen molar-refractivity contribution in [2.75, 3.05) is 17.9 Å². The molecule has 134 valence electrons. The maximum absolute atomic E-state index is 13.1. The Labute approximate surface area is 157 Å². The van der Waals surface area contributed by atoms with Gasteiger partial charge in [-0.3, -0.25) is 9.10 Å². The highest BCUT2D eigenvalue weighted by molar-refractivity contribution is 7.97. The summed E-state index contributed by atoms with van der Waals surface area (Å²) in [6.07, 6.45) is 1.49. The Morgan fingerprint density at radius 3 is 2.58 bits per heavy atom. The van der Waals surface area contributed by atoms with Gasteiger partial charge in [0.25, 0.3) is 15.9 Å². The molecule has 0 spiro atoms. The summed E-state index contributed by atoms with van der Waals surface area (Å²) < 4.78 is 27.3. The molecule has 0 aromatic heterocycles. The van der Waals surface area contributed by atoms with Crippen LogP contribution in [0.5, 0.6) is 0 Å². The van der Waals surface area contributed by atoms with Gasteiger partial charge in [-0.25, -0.2) is 8.42 Å². The minimum atomic E-state index is -4.03. The highest BCUT2D eigenvalue weighted by Gasteiger charge is 2.39. The van der Waals surface area contributed by atoms with Gasteiger partial charge in [0.05, 0.1) is 5.69 Å². The van der Waals surface area contributed by atoms with Gasteiger partial charge in [-0.15, -0.1) is 6.58 Å². The molecule has 1 N–H and O–H groups in total. The molecule has 0 aliphatic carbocycles. The molecule has 0 radical (unpaired) electrons. The lowest BCUT2D eigenvalue weighted by molar-refractivity contribution is -0.116. The molecule has 26 heavy (non-hydrogen) atoms. The number of anilines is 1. The van der Waals surface area contributed by atoms with Gasteiger partial charge in [-0.1, -0.05) is 48.0 Å². The molecule has 3 rings (SSSR count). The van der Waals surface area contributed by atoms with E-state index in [1.807, 2.05) is 6.07 Å². The number of fused-ring (bicyclic) bond motifs is 1. The molecule has 1 heterocycles. The fourth-order valence-corrected chi connectivity index (χ4v) is 4.52. The van der Waals surface area contributed by atoms with E-state index in [-0.39, 0.29) is 11.4 Å². The fourth-order valence-electron chi connectivity index (χ4n) is 2.87. The largest absolute Gasteiger partial charge is 0.348 e. The zero-order valence-electron chi connectivity index (χ0n) is 14.1. The number of nitrogens with zero attached hydrogens (tertiary/aromatic N) is 1. The SMILES string of the molecule is C=CCNC(=O)C1=C(c2ccccc2)c2cc(Cl)ccc2N(C)S1(=O)=O. The second kappa shape index (κ2) is 6.97. The molecule has 1 aliphatic heterocycles. The molecule has 0 saturated heterocycles. The van der Waals surface area contributed by atoms with Crippen LogP contribution < -0.4 is 9.62 Å². The monoisotopic (exact) mass is 388 g/mol. The summed E-state index contributed by atoms with van der Waals surface area (Å²) in [5, 5.41) is 3.02. The Balaban J connectivity index is 2.39. The Hall–Kier alpha value is -2.57. The lowest BCUT2D eigenvalue weighted by Crippen LogP contribution is -2.39. The smallest absolute Gasteiger partial charge is 0.270 e. The summed E-state index contributed by atoms with van der Waals surface area (Å²) in [6, 6.07) is 13.9. The zero-order valence-corrected chi connectivity index (χ0v) is 15.6. The molecule has 0 atom stereocenters. The molecule has 5 nitrogen and oxygen atoms in total. The van der Waals surface area contributed by atoms with E-state index < -0.39 is 15.9 Å². The molecule has 2 aromatic carbocycles. The summed E-state index contributed by atoms with van der Waals surface area (Å²) in [5.74, 6) is -0.679. The fraction of sp³-hybridized carbons (Fsp3) is 0.105. The third kappa shape index (κ3) is 3.02. The van der Waals surface area contributed by atoms with Crippen molar-refractivity contribution in [1.29, 1.82) is 0 Å².